The van der Waals surface area contributed by atoms with Gasteiger partial charge >= 0.3 is 0 Å². The lowest BCUT2D eigenvalue weighted by atomic mass is 9.93. The van der Waals surface area contributed by atoms with E-state index in [1.165, 1.54) is 0 Å². The predicted octanol–water partition coefficient (Wildman–Crippen LogP) is 0.730. The molecule has 0 aromatic carbocycles. The molecule has 1 aromatic heterocycles. The molecule has 4 nitrogen and oxygen atoms in total. The summed E-state index contributed by atoms with van der Waals surface area (Å²) >= 11 is 0. The molecule has 0 saturated carbocycles. The molecule has 13 heavy (non-hydrogen) atoms. The van der Waals surface area contributed by atoms with Gasteiger partial charge < -0.3 is 5.73 Å². The van der Waals surface area contributed by atoms with Gasteiger partial charge in [-0.25, -0.2) is 0 Å². The lowest BCUT2D eigenvalue weighted by molar-refractivity contribution is 0.0892. The normalized spacial score (nSPS) is 15.4. The second kappa shape index (κ2) is 3.30. The van der Waals surface area contributed by atoms with Crippen LogP contribution in [-0.2, 0) is 7.05 Å². The molecule has 1 aromatic rings. The first-order valence-corrected chi connectivity index (χ1v) is 4.30. The number of aromatic nitrogens is 2. The van der Waals surface area contributed by atoms with Crippen molar-refractivity contribution in [2.75, 3.05) is 0 Å². The van der Waals surface area contributed by atoms with Crippen LogP contribution in [0.4, 0.5) is 0 Å². The number of nitrogens with two attached hydrogens (primary N) is 1. The summed E-state index contributed by atoms with van der Waals surface area (Å²) in [4.78, 5) is 11.7. The van der Waals surface area contributed by atoms with Gasteiger partial charge in [-0.2, -0.15) is 5.10 Å². The van der Waals surface area contributed by atoms with Crippen molar-refractivity contribution in [2.45, 2.75) is 25.8 Å². The lowest BCUT2D eigenvalue weighted by Gasteiger charge is -2.19. The van der Waals surface area contributed by atoms with Crippen LogP contribution in [0, 0.1) is 0 Å². The molecule has 1 atom stereocenters. The standard InChI is InChI=1S/C9H15N3O/c1-4-9(2,10)8(13)7-5-6-12(3)11-7/h5-6H,4,10H2,1-3H3. The zero-order valence-corrected chi connectivity index (χ0v) is 8.24. The van der Waals surface area contributed by atoms with E-state index in [-0.39, 0.29) is 5.78 Å². The van der Waals surface area contributed by atoms with Crippen molar-refractivity contribution in [2.24, 2.45) is 12.8 Å². The highest BCUT2D eigenvalue weighted by atomic mass is 16.1. The van der Waals surface area contributed by atoms with Crippen LogP contribution in [0.1, 0.15) is 30.8 Å². The fraction of sp³-hybridized carbons (Fsp3) is 0.556. The second-order valence-corrected chi connectivity index (χ2v) is 3.47. The molecular formula is C9H15N3O. The van der Waals surface area contributed by atoms with Crippen molar-refractivity contribution in [3.63, 3.8) is 0 Å². The molecule has 4 heteroatoms. The molecule has 0 bridgehead atoms. The quantitative estimate of drug-likeness (QED) is 0.699. The summed E-state index contributed by atoms with van der Waals surface area (Å²) in [7, 11) is 1.77. The van der Waals surface area contributed by atoms with Gasteiger partial charge in [-0.05, 0) is 19.4 Å². The molecule has 1 rings (SSSR count). The van der Waals surface area contributed by atoms with E-state index in [0.717, 1.165) is 0 Å². The minimum Gasteiger partial charge on any atom is -0.319 e. The van der Waals surface area contributed by atoms with Crippen LogP contribution < -0.4 is 5.73 Å². The Morgan fingerprint density at radius 1 is 1.77 bits per heavy atom. The van der Waals surface area contributed by atoms with Crippen LogP contribution in [0.25, 0.3) is 0 Å². The second-order valence-electron chi connectivity index (χ2n) is 3.47. The summed E-state index contributed by atoms with van der Waals surface area (Å²) in [5.74, 6) is -0.101. The molecule has 1 unspecified atom stereocenters. The fourth-order valence-electron chi connectivity index (χ4n) is 0.989. The summed E-state index contributed by atoms with van der Waals surface area (Å²) in [6, 6.07) is 1.68. The highest BCUT2D eigenvalue weighted by Crippen LogP contribution is 2.12. The van der Waals surface area contributed by atoms with Gasteiger partial charge in [-0.15, -0.1) is 0 Å². The molecule has 0 aliphatic rings. The van der Waals surface area contributed by atoms with Crippen LogP contribution in [-0.4, -0.2) is 21.1 Å². The maximum Gasteiger partial charge on any atom is 0.202 e. The number of aryl methyl sites for hydroxylation is 1. The van der Waals surface area contributed by atoms with Crippen molar-refractivity contribution in [1.29, 1.82) is 0 Å². The van der Waals surface area contributed by atoms with Crippen LogP contribution in [0.15, 0.2) is 12.3 Å². The minimum absolute atomic E-state index is 0.101. The van der Waals surface area contributed by atoms with Crippen LogP contribution in [0.5, 0.6) is 0 Å². The summed E-state index contributed by atoms with van der Waals surface area (Å²) in [5, 5.41) is 4.01. The summed E-state index contributed by atoms with van der Waals surface area (Å²) < 4.78 is 1.60. The minimum atomic E-state index is -0.797. The third kappa shape index (κ3) is 1.95. The first-order chi connectivity index (χ1) is 5.97. The first-order valence-electron chi connectivity index (χ1n) is 4.30. The Labute approximate surface area is 77.7 Å². The number of carbonyl (C=O) groups is 1. The van der Waals surface area contributed by atoms with E-state index in [9.17, 15) is 4.79 Å². The molecule has 2 N–H and O–H groups in total. The van der Waals surface area contributed by atoms with Crippen molar-refractivity contribution in [1.82, 2.24) is 9.78 Å². The largest absolute Gasteiger partial charge is 0.319 e. The molecular weight excluding hydrogens is 166 g/mol. The Bertz CT molecular complexity index is 314. The Morgan fingerprint density at radius 2 is 2.38 bits per heavy atom. The summed E-state index contributed by atoms with van der Waals surface area (Å²) in [6.07, 6.45) is 2.35. The topological polar surface area (TPSA) is 60.9 Å². The van der Waals surface area contributed by atoms with Crippen LogP contribution >= 0.6 is 0 Å². The third-order valence-electron chi connectivity index (χ3n) is 2.20. The maximum absolute atomic E-state index is 11.7. The zero-order valence-electron chi connectivity index (χ0n) is 8.24. The molecule has 0 spiro atoms. The Hall–Kier alpha value is -1.16. The maximum atomic E-state index is 11.7. The zero-order chi connectivity index (χ0) is 10.1. The highest BCUT2D eigenvalue weighted by molar-refractivity contribution is 6.01. The molecule has 0 aliphatic carbocycles. The number of nitrogens with zero attached hydrogens (tertiary/aromatic N) is 2. The molecule has 72 valence electrons. The van der Waals surface area contributed by atoms with Gasteiger partial charge in [0.15, 0.2) is 0 Å². The smallest absolute Gasteiger partial charge is 0.202 e. The van der Waals surface area contributed by atoms with Crippen LogP contribution in [0.3, 0.4) is 0 Å². The molecule has 0 aliphatic heterocycles. The number of hydrogen-bond donors (Lipinski definition) is 1. The number of rotatable bonds is 3. The van der Waals surface area contributed by atoms with Gasteiger partial charge in [0, 0.05) is 13.2 Å². The number of Topliss-reactive ketones (excluding diaryl/α,β-unsaturated/α-hetero) is 1. The SMILES string of the molecule is CCC(C)(N)C(=O)c1ccn(C)n1. The Kier molecular flexibility index (Phi) is 2.52. The van der Waals surface area contributed by atoms with E-state index in [0.29, 0.717) is 12.1 Å². The van der Waals surface area contributed by atoms with Gasteiger partial charge in [0.25, 0.3) is 0 Å². The van der Waals surface area contributed by atoms with Gasteiger partial charge in [0.2, 0.25) is 5.78 Å². The highest BCUT2D eigenvalue weighted by Gasteiger charge is 2.28. The molecule has 0 fully saturated rings. The Morgan fingerprint density at radius 3 is 2.77 bits per heavy atom. The molecule has 0 radical (unpaired) electrons. The molecule has 1 heterocycles. The predicted molar refractivity (Wildman–Crippen MR) is 50.4 cm³/mol. The van der Waals surface area contributed by atoms with Gasteiger partial charge in [0.1, 0.15) is 5.69 Å². The van der Waals surface area contributed by atoms with E-state index in [1.54, 1.807) is 30.9 Å². The average molecular weight is 181 g/mol. The van der Waals surface area contributed by atoms with Crippen LogP contribution in [0.2, 0.25) is 0 Å². The molecule has 0 saturated heterocycles. The lowest BCUT2D eigenvalue weighted by Crippen LogP contribution is -2.44. The Balaban J connectivity index is 2.91. The third-order valence-corrected chi connectivity index (χ3v) is 2.20. The van der Waals surface area contributed by atoms with Crippen molar-refractivity contribution in [3.05, 3.63) is 18.0 Å². The van der Waals surface area contributed by atoms with E-state index in [2.05, 4.69) is 5.10 Å². The van der Waals surface area contributed by atoms with Crippen molar-refractivity contribution in [3.8, 4) is 0 Å². The van der Waals surface area contributed by atoms with E-state index < -0.39 is 5.54 Å². The average Bonchev–Trinajstić information content (AvgIpc) is 2.50. The van der Waals surface area contributed by atoms with Crippen molar-refractivity contribution < 1.29 is 4.79 Å². The summed E-state index contributed by atoms with van der Waals surface area (Å²) in [5.41, 5.74) is 5.44. The van der Waals surface area contributed by atoms with Gasteiger partial charge in [0.05, 0.1) is 5.54 Å². The van der Waals surface area contributed by atoms with Crippen molar-refractivity contribution >= 4 is 5.78 Å². The monoisotopic (exact) mass is 181 g/mol. The number of carbonyl (C=O) groups excluding carboxylic acids is 1. The first kappa shape index (κ1) is 9.92. The summed E-state index contributed by atoms with van der Waals surface area (Å²) in [6.45, 7) is 3.62. The van der Waals surface area contributed by atoms with E-state index in [1.807, 2.05) is 6.92 Å². The number of hydrogen-bond acceptors (Lipinski definition) is 3. The fourth-order valence-corrected chi connectivity index (χ4v) is 0.989. The van der Waals surface area contributed by atoms with Gasteiger partial charge in [-0.1, -0.05) is 6.92 Å². The van der Waals surface area contributed by atoms with E-state index in [4.69, 9.17) is 5.73 Å². The molecule has 0 amide bonds. The van der Waals surface area contributed by atoms with E-state index >= 15 is 0 Å². The van der Waals surface area contributed by atoms with Gasteiger partial charge in [-0.3, -0.25) is 9.48 Å². The number of ketones is 1.